The van der Waals surface area contributed by atoms with Crippen LogP contribution in [0.4, 0.5) is 0 Å². The van der Waals surface area contributed by atoms with E-state index in [0.29, 0.717) is 30.9 Å². The van der Waals surface area contributed by atoms with E-state index in [0.717, 1.165) is 34.4 Å². The van der Waals surface area contributed by atoms with Crippen molar-refractivity contribution in [2.75, 3.05) is 13.2 Å². The highest BCUT2D eigenvalue weighted by Gasteiger charge is 2.26. The number of aliphatic carboxylic acids is 1. The first-order valence-electron chi connectivity index (χ1n) is 8.66. The lowest BCUT2D eigenvalue weighted by Crippen LogP contribution is -2.19. The Kier molecular flexibility index (Phi) is 4.27. The van der Waals surface area contributed by atoms with E-state index >= 15 is 0 Å². The summed E-state index contributed by atoms with van der Waals surface area (Å²) >= 11 is 0. The molecule has 0 spiro atoms. The fraction of sp³-hybridized carbons (Fsp3) is 0.250. The second-order valence-electron chi connectivity index (χ2n) is 6.48. The zero-order valence-corrected chi connectivity index (χ0v) is 14.7. The molecule has 1 aromatic carbocycles. The number of rotatable bonds is 2. The van der Waals surface area contributed by atoms with Crippen molar-refractivity contribution in [3.05, 3.63) is 53.2 Å². The van der Waals surface area contributed by atoms with Crippen molar-refractivity contribution < 1.29 is 23.8 Å². The fourth-order valence-corrected chi connectivity index (χ4v) is 3.57. The SMILES string of the molecule is C/C1=C\C(=O)/C(C(=O)O)=C\NCCc2c1cc(-c1cnco1)c1c2CCO1. The summed E-state index contributed by atoms with van der Waals surface area (Å²) < 4.78 is 11.3. The van der Waals surface area contributed by atoms with Crippen LogP contribution in [0.1, 0.15) is 23.6 Å². The second-order valence-corrected chi connectivity index (χ2v) is 6.48. The lowest BCUT2D eigenvalue weighted by molar-refractivity contribution is -0.134. The van der Waals surface area contributed by atoms with Crippen molar-refractivity contribution in [2.24, 2.45) is 0 Å². The Morgan fingerprint density at radius 2 is 2.11 bits per heavy atom. The Morgan fingerprint density at radius 1 is 1.26 bits per heavy atom. The highest BCUT2D eigenvalue weighted by molar-refractivity contribution is 6.22. The smallest absolute Gasteiger partial charge is 0.341 e. The van der Waals surface area contributed by atoms with Gasteiger partial charge in [0.15, 0.2) is 17.9 Å². The molecule has 1 aromatic heterocycles. The number of carboxylic acid groups (broad SMARTS) is 1. The van der Waals surface area contributed by atoms with Gasteiger partial charge in [-0.15, -0.1) is 0 Å². The first kappa shape index (κ1) is 17.1. The number of allylic oxidation sites excluding steroid dienone is 2. The van der Waals surface area contributed by atoms with Gasteiger partial charge in [-0.3, -0.25) is 4.79 Å². The first-order chi connectivity index (χ1) is 13.1. The van der Waals surface area contributed by atoms with Crippen molar-refractivity contribution in [3.8, 4) is 17.1 Å². The minimum Gasteiger partial charge on any atom is -0.492 e. The maximum atomic E-state index is 12.4. The number of nitrogens with zero attached hydrogens (tertiary/aromatic N) is 1. The number of hydrogen-bond donors (Lipinski definition) is 2. The van der Waals surface area contributed by atoms with E-state index in [1.807, 2.05) is 13.0 Å². The van der Waals surface area contributed by atoms with Gasteiger partial charge in [0, 0.05) is 24.7 Å². The molecule has 0 saturated carbocycles. The molecule has 0 radical (unpaired) electrons. The molecule has 0 aliphatic carbocycles. The van der Waals surface area contributed by atoms with E-state index < -0.39 is 11.8 Å². The number of fused-ring (bicyclic) bond motifs is 3. The highest BCUT2D eigenvalue weighted by Crippen LogP contribution is 2.42. The van der Waals surface area contributed by atoms with Crippen molar-refractivity contribution in [1.82, 2.24) is 10.3 Å². The van der Waals surface area contributed by atoms with Crippen LogP contribution >= 0.6 is 0 Å². The molecule has 2 aromatic rings. The predicted octanol–water partition coefficient (Wildman–Crippen LogP) is 2.36. The van der Waals surface area contributed by atoms with Crippen LogP contribution in [0.25, 0.3) is 16.9 Å². The Labute approximate surface area is 155 Å². The summed E-state index contributed by atoms with van der Waals surface area (Å²) in [6, 6.07) is 1.94. The van der Waals surface area contributed by atoms with Crippen LogP contribution in [0.2, 0.25) is 0 Å². The number of carbonyl (C=O) groups is 2. The summed E-state index contributed by atoms with van der Waals surface area (Å²) in [6.45, 7) is 2.92. The molecule has 0 amide bonds. The van der Waals surface area contributed by atoms with Crippen LogP contribution in [-0.2, 0) is 22.4 Å². The largest absolute Gasteiger partial charge is 0.492 e. The van der Waals surface area contributed by atoms with Crippen LogP contribution in [0.15, 0.2) is 40.9 Å². The van der Waals surface area contributed by atoms with Gasteiger partial charge >= 0.3 is 5.97 Å². The average Bonchev–Trinajstić information content (AvgIpc) is 3.32. The number of ketones is 1. The van der Waals surface area contributed by atoms with Gasteiger partial charge in [-0.25, -0.2) is 9.78 Å². The molecule has 0 atom stereocenters. The van der Waals surface area contributed by atoms with Gasteiger partial charge in [0.05, 0.1) is 18.4 Å². The third-order valence-corrected chi connectivity index (χ3v) is 4.83. The molecule has 7 nitrogen and oxygen atoms in total. The van der Waals surface area contributed by atoms with Crippen LogP contribution < -0.4 is 10.1 Å². The van der Waals surface area contributed by atoms with Gasteiger partial charge in [0.1, 0.15) is 11.3 Å². The number of ether oxygens (including phenoxy) is 1. The molecule has 2 aliphatic heterocycles. The molecule has 27 heavy (non-hydrogen) atoms. The quantitative estimate of drug-likeness (QED) is 0.787. The number of carbonyl (C=O) groups excluding carboxylic acids is 1. The molecule has 4 rings (SSSR count). The van der Waals surface area contributed by atoms with E-state index in [4.69, 9.17) is 9.15 Å². The standard InChI is InChI=1S/C20H18N2O5/c1-11-6-17(23)16(20(24)25)8-21-4-2-12-13-3-5-26-19(13)15(7-14(11)12)18-9-22-10-27-18/h6-10,21H,2-5H2,1H3,(H,24,25)/b11-6+,16-8+. The average molecular weight is 366 g/mol. The molecular weight excluding hydrogens is 348 g/mol. The van der Waals surface area contributed by atoms with Crippen LogP contribution in [0.3, 0.4) is 0 Å². The molecule has 138 valence electrons. The third kappa shape index (κ3) is 3.01. The molecule has 0 unspecified atom stereocenters. The molecule has 7 heteroatoms. The van der Waals surface area contributed by atoms with E-state index in [1.165, 1.54) is 18.7 Å². The van der Waals surface area contributed by atoms with E-state index in [2.05, 4.69) is 10.3 Å². The number of oxazole rings is 1. The summed E-state index contributed by atoms with van der Waals surface area (Å²) in [5.41, 5.74) is 4.32. The second kappa shape index (κ2) is 6.75. The normalized spacial score (nSPS) is 20.3. The maximum absolute atomic E-state index is 12.4. The minimum absolute atomic E-state index is 0.280. The van der Waals surface area contributed by atoms with Gasteiger partial charge in [-0.2, -0.15) is 0 Å². The van der Waals surface area contributed by atoms with Crippen LogP contribution in [0, 0.1) is 0 Å². The van der Waals surface area contributed by atoms with Gasteiger partial charge in [-0.1, -0.05) is 0 Å². The highest BCUT2D eigenvalue weighted by atomic mass is 16.5. The Balaban J connectivity index is 1.91. The monoisotopic (exact) mass is 366 g/mol. The zero-order chi connectivity index (χ0) is 19.0. The van der Waals surface area contributed by atoms with Gasteiger partial charge in [-0.05, 0) is 42.2 Å². The zero-order valence-electron chi connectivity index (χ0n) is 14.7. The number of hydrogen-bond acceptors (Lipinski definition) is 6. The minimum atomic E-state index is -1.25. The summed E-state index contributed by atoms with van der Waals surface area (Å²) in [5, 5.41) is 12.2. The summed E-state index contributed by atoms with van der Waals surface area (Å²) in [4.78, 5) is 27.8. The topological polar surface area (TPSA) is 102 Å². The van der Waals surface area contributed by atoms with Gasteiger partial charge in [0.25, 0.3) is 0 Å². The summed E-state index contributed by atoms with van der Waals surface area (Å²) in [7, 11) is 0. The van der Waals surface area contributed by atoms with E-state index in [1.54, 1.807) is 6.20 Å². The number of aromatic nitrogens is 1. The maximum Gasteiger partial charge on any atom is 0.341 e. The Morgan fingerprint density at radius 3 is 2.85 bits per heavy atom. The number of nitrogens with one attached hydrogen (secondary N) is 1. The van der Waals surface area contributed by atoms with E-state index in [-0.39, 0.29) is 5.57 Å². The van der Waals surface area contributed by atoms with Crippen molar-refractivity contribution in [1.29, 1.82) is 0 Å². The van der Waals surface area contributed by atoms with Gasteiger partial charge < -0.3 is 19.6 Å². The van der Waals surface area contributed by atoms with E-state index in [9.17, 15) is 14.7 Å². The molecule has 2 N–H and O–H groups in total. The van der Waals surface area contributed by atoms with Crippen molar-refractivity contribution in [2.45, 2.75) is 19.8 Å². The third-order valence-electron chi connectivity index (χ3n) is 4.83. The van der Waals surface area contributed by atoms with Crippen LogP contribution in [-0.4, -0.2) is 35.0 Å². The number of carboxylic acids is 1. The van der Waals surface area contributed by atoms with Crippen molar-refractivity contribution in [3.63, 3.8) is 0 Å². The summed E-state index contributed by atoms with van der Waals surface area (Å²) in [6.07, 6.45) is 7.10. The lowest BCUT2D eigenvalue weighted by Gasteiger charge is -2.18. The molecule has 0 fully saturated rings. The fourth-order valence-electron chi connectivity index (χ4n) is 3.57. The Hall–Kier alpha value is -3.35. The predicted molar refractivity (Wildman–Crippen MR) is 97.2 cm³/mol. The molecule has 2 aliphatic rings. The molecule has 0 bridgehead atoms. The lowest BCUT2D eigenvalue weighted by atomic mass is 9.88. The Bertz CT molecular complexity index is 986. The molecule has 0 saturated heterocycles. The number of benzene rings is 1. The van der Waals surface area contributed by atoms with Gasteiger partial charge in [0.2, 0.25) is 0 Å². The van der Waals surface area contributed by atoms with Crippen LogP contribution in [0.5, 0.6) is 5.75 Å². The van der Waals surface area contributed by atoms with Crippen molar-refractivity contribution >= 4 is 17.3 Å². The molecular formula is C20H18N2O5. The summed E-state index contributed by atoms with van der Waals surface area (Å²) in [5.74, 6) is -0.403. The molecule has 3 heterocycles. The first-order valence-corrected chi connectivity index (χ1v) is 8.66.